The summed E-state index contributed by atoms with van der Waals surface area (Å²) < 4.78 is 0.960. The standard InChI is InChI=1S/C14H13BrN2O/c15-13-6-2-1-5-12(13)8-14(18)17-10-11-4-3-7-16-9-11/h1-7,9H,8,10H2,(H,17,18). The van der Waals surface area contributed by atoms with Gasteiger partial charge in [-0.1, -0.05) is 40.2 Å². The maximum absolute atomic E-state index is 11.8. The number of hydrogen-bond acceptors (Lipinski definition) is 2. The van der Waals surface area contributed by atoms with Crippen LogP contribution >= 0.6 is 15.9 Å². The molecule has 2 aromatic rings. The van der Waals surface area contributed by atoms with Gasteiger partial charge in [0, 0.05) is 23.4 Å². The van der Waals surface area contributed by atoms with E-state index in [9.17, 15) is 4.79 Å². The fraction of sp³-hybridized carbons (Fsp3) is 0.143. The van der Waals surface area contributed by atoms with Gasteiger partial charge in [-0.2, -0.15) is 0 Å². The van der Waals surface area contributed by atoms with Crippen LogP contribution in [-0.2, 0) is 17.8 Å². The Morgan fingerprint density at radius 1 is 1.22 bits per heavy atom. The number of benzene rings is 1. The molecule has 1 aromatic heterocycles. The Balaban J connectivity index is 1.88. The number of pyridine rings is 1. The maximum Gasteiger partial charge on any atom is 0.224 e. The number of nitrogens with zero attached hydrogens (tertiary/aromatic N) is 1. The van der Waals surface area contributed by atoms with E-state index in [0.717, 1.165) is 15.6 Å². The molecular weight excluding hydrogens is 292 g/mol. The van der Waals surface area contributed by atoms with Crippen LogP contribution in [0.2, 0.25) is 0 Å². The number of hydrogen-bond donors (Lipinski definition) is 1. The molecular formula is C14H13BrN2O. The quantitative estimate of drug-likeness (QED) is 0.943. The summed E-state index contributed by atoms with van der Waals surface area (Å²) in [7, 11) is 0. The Morgan fingerprint density at radius 2 is 2.06 bits per heavy atom. The topological polar surface area (TPSA) is 42.0 Å². The monoisotopic (exact) mass is 304 g/mol. The molecule has 0 atom stereocenters. The van der Waals surface area contributed by atoms with E-state index in [-0.39, 0.29) is 5.91 Å². The molecule has 0 saturated heterocycles. The summed E-state index contributed by atoms with van der Waals surface area (Å²) in [4.78, 5) is 15.8. The van der Waals surface area contributed by atoms with Gasteiger partial charge in [0.1, 0.15) is 0 Å². The van der Waals surface area contributed by atoms with Gasteiger partial charge in [-0.25, -0.2) is 0 Å². The normalized spacial score (nSPS) is 10.1. The first kappa shape index (κ1) is 12.8. The third kappa shape index (κ3) is 3.67. The summed E-state index contributed by atoms with van der Waals surface area (Å²) in [5.74, 6) is 0.00533. The fourth-order valence-electron chi connectivity index (χ4n) is 1.58. The number of amides is 1. The number of aromatic nitrogens is 1. The molecule has 4 heteroatoms. The Kier molecular flexibility index (Phi) is 4.47. The lowest BCUT2D eigenvalue weighted by Gasteiger charge is -2.06. The molecule has 1 aromatic carbocycles. The second-order valence-electron chi connectivity index (χ2n) is 3.91. The molecule has 0 unspecified atom stereocenters. The number of carbonyl (C=O) groups is 1. The third-order valence-corrected chi connectivity index (χ3v) is 3.29. The highest BCUT2D eigenvalue weighted by molar-refractivity contribution is 9.10. The van der Waals surface area contributed by atoms with Crippen molar-refractivity contribution in [3.63, 3.8) is 0 Å². The van der Waals surface area contributed by atoms with E-state index in [1.807, 2.05) is 36.4 Å². The maximum atomic E-state index is 11.8. The molecule has 0 radical (unpaired) electrons. The van der Waals surface area contributed by atoms with Crippen LogP contribution in [0.25, 0.3) is 0 Å². The lowest BCUT2D eigenvalue weighted by molar-refractivity contribution is -0.120. The average Bonchev–Trinajstić information content (AvgIpc) is 2.40. The molecule has 0 aliphatic rings. The van der Waals surface area contributed by atoms with E-state index in [4.69, 9.17) is 0 Å². The fourth-order valence-corrected chi connectivity index (χ4v) is 2.01. The Labute approximate surface area is 114 Å². The Bertz CT molecular complexity index is 528. The minimum atomic E-state index is 0.00533. The summed E-state index contributed by atoms with van der Waals surface area (Å²) in [5, 5.41) is 2.87. The zero-order valence-electron chi connectivity index (χ0n) is 9.77. The molecule has 0 saturated carbocycles. The Morgan fingerprint density at radius 3 is 2.78 bits per heavy atom. The average molecular weight is 305 g/mol. The lowest BCUT2D eigenvalue weighted by Crippen LogP contribution is -2.24. The van der Waals surface area contributed by atoms with E-state index in [2.05, 4.69) is 26.2 Å². The van der Waals surface area contributed by atoms with Crippen molar-refractivity contribution in [2.45, 2.75) is 13.0 Å². The Hall–Kier alpha value is -1.68. The largest absolute Gasteiger partial charge is 0.352 e. The van der Waals surface area contributed by atoms with E-state index in [1.165, 1.54) is 0 Å². The second kappa shape index (κ2) is 6.31. The molecule has 0 aliphatic carbocycles. The SMILES string of the molecule is O=C(Cc1ccccc1Br)NCc1cccnc1. The van der Waals surface area contributed by atoms with Crippen molar-refractivity contribution in [1.29, 1.82) is 0 Å². The van der Waals surface area contributed by atoms with Crippen LogP contribution < -0.4 is 5.32 Å². The lowest BCUT2D eigenvalue weighted by atomic mass is 10.1. The van der Waals surface area contributed by atoms with Crippen LogP contribution in [0, 0.1) is 0 Å². The molecule has 1 heterocycles. The van der Waals surface area contributed by atoms with Gasteiger partial charge in [0.2, 0.25) is 5.91 Å². The molecule has 1 N–H and O–H groups in total. The minimum absolute atomic E-state index is 0.00533. The van der Waals surface area contributed by atoms with E-state index in [0.29, 0.717) is 13.0 Å². The highest BCUT2D eigenvalue weighted by Crippen LogP contribution is 2.16. The van der Waals surface area contributed by atoms with Crippen molar-refractivity contribution >= 4 is 21.8 Å². The van der Waals surface area contributed by atoms with Crippen molar-refractivity contribution in [2.75, 3.05) is 0 Å². The van der Waals surface area contributed by atoms with Crippen molar-refractivity contribution in [3.05, 3.63) is 64.4 Å². The van der Waals surface area contributed by atoms with Crippen LogP contribution in [-0.4, -0.2) is 10.9 Å². The van der Waals surface area contributed by atoms with Gasteiger partial charge < -0.3 is 5.32 Å². The zero-order valence-corrected chi connectivity index (χ0v) is 11.4. The van der Waals surface area contributed by atoms with E-state index in [1.54, 1.807) is 12.4 Å². The molecule has 0 spiro atoms. The second-order valence-corrected chi connectivity index (χ2v) is 4.76. The van der Waals surface area contributed by atoms with Gasteiger partial charge in [-0.3, -0.25) is 9.78 Å². The molecule has 0 aliphatic heterocycles. The number of carbonyl (C=O) groups excluding carboxylic acids is 1. The van der Waals surface area contributed by atoms with Crippen molar-refractivity contribution in [1.82, 2.24) is 10.3 Å². The third-order valence-electron chi connectivity index (χ3n) is 2.52. The summed E-state index contributed by atoms with van der Waals surface area (Å²) in [6.07, 6.45) is 3.84. The summed E-state index contributed by atoms with van der Waals surface area (Å²) in [5.41, 5.74) is 1.99. The first-order chi connectivity index (χ1) is 8.75. The van der Waals surface area contributed by atoms with Crippen LogP contribution in [0.5, 0.6) is 0 Å². The van der Waals surface area contributed by atoms with Crippen molar-refractivity contribution in [2.24, 2.45) is 0 Å². The predicted molar refractivity (Wildman–Crippen MR) is 73.9 cm³/mol. The van der Waals surface area contributed by atoms with Gasteiger partial charge in [0.25, 0.3) is 0 Å². The zero-order chi connectivity index (χ0) is 12.8. The molecule has 1 amide bonds. The predicted octanol–water partition coefficient (Wildman–Crippen LogP) is 2.70. The summed E-state index contributed by atoms with van der Waals surface area (Å²) in [6.45, 7) is 0.511. The van der Waals surface area contributed by atoms with Gasteiger partial charge in [0.15, 0.2) is 0 Å². The smallest absolute Gasteiger partial charge is 0.224 e. The summed E-state index contributed by atoms with van der Waals surface area (Å²) >= 11 is 3.43. The number of halogens is 1. The van der Waals surface area contributed by atoms with E-state index >= 15 is 0 Å². The number of nitrogens with one attached hydrogen (secondary N) is 1. The first-order valence-corrected chi connectivity index (χ1v) is 6.44. The van der Waals surface area contributed by atoms with Crippen LogP contribution in [0.4, 0.5) is 0 Å². The van der Waals surface area contributed by atoms with Gasteiger partial charge >= 0.3 is 0 Å². The molecule has 0 fully saturated rings. The summed E-state index contributed by atoms with van der Waals surface area (Å²) in [6, 6.07) is 11.5. The van der Waals surface area contributed by atoms with E-state index < -0.39 is 0 Å². The molecule has 3 nitrogen and oxygen atoms in total. The molecule has 92 valence electrons. The van der Waals surface area contributed by atoms with Gasteiger partial charge in [0.05, 0.1) is 6.42 Å². The molecule has 18 heavy (non-hydrogen) atoms. The molecule has 0 bridgehead atoms. The highest BCUT2D eigenvalue weighted by atomic mass is 79.9. The van der Waals surface area contributed by atoms with Gasteiger partial charge in [-0.15, -0.1) is 0 Å². The van der Waals surface area contributed by atoms with Crippen LogP contribution in [0.3, 0.4) is 0 Å². The van der Waals surface area contributed by atoms with Crippen LogP contribution in [0.1, 0.15) is 11.1 Å². The molecule has 2 rings (SSSR count). The van der Waals surface area contributed by atoms with Crippen molar-refractivity contribution in [3.8, 4) is 0 Å². The van der Waals surface area contributed by atoms with Crippen molar-refractivity contribution < 1.29 is 4.79 Å². The highest BCUT2D eigenvalue weighted by Gasteiger charge is 2.05. The first-order valence-electron chi connectivity index (χ1n) is 5.65. The number of rotatable bonds is 4. The minimum Gasteiger partial charge on any atom is -0.352 e. The van der Waals surface area contributed by atoms with Crippen LogP contribution in [0.15, 0.2) is 53.3 Å². The van der Waals surface area contributed by atoms with Gasteiger partial charge in [-0.05, 0) is 23.3 Å².